The lowest BCUT2D eigenvalue weighted by Gasteiger charge is -2.31. The summed E-state index contributed by atoms with van der Waals surface area (Å²) in [7, 11) is 0. The van der Waals surface area contributed by atoms with Gasteiger partial charge in [0, 0.05) is 31.6 Å². The van der Waals surface area contributed by atoms with Crippen LogP contribution in [-0.2, 0) is 4.79 Å². The van der Waals surface area contributed by atoms with Crippen LogP contribution in [0, 0.1) is 0 Å². The summed E-state index contributed by atoms with van der Waals surface area (Å²) in [6.07, 6.45) is -0.160. The van der Waals surface area contributed by atoms with E-state index in [9.17, 15) is 4.79 Å². The molecule has 2 aliphatic heterocycles. The third-order valence-electron chi connectivity index (χ3n) is 5.75. The Morgan fingerprint density at radius 3 is 2.53 bits per heavy atom. The van der Waals surface area contributed by atoms with Crippen molar-refractivity contribution in [1.29, 1.82) is 0 Å². The maximum absolute atomic E-state index is 12.9. The Hall–Kier alpha value is -2.28. The Morgan fingerprint density at radius 1 is 1.10 bits per heavy atom. The van der Waals surface area contributed by atoms with Gasteiger partial charge in [-0.2, -0.15) is 0 Å². The van der Waals surface area contributed by atoms with Crippen molar-refractivity contribution >= 4 is 18.3 Å². The van der Waals surface area contributed by atoms with Crippen LogP contribution in [0.2, 0.25) is 0 Å². The van der Waals surface area contributed by atoms with E-state index in [1.807, 2.05) is 54.3 Å². The Labute approximate surface area is 184 Å². The molecule has 0 radical (unpaired) electrons. The molecule has 0 bridgehead atoms. The molecule has 1 amide bonds. The van der Waals surface area contributed by atoms with Crippen LogP contribution in [0.3, 0.4) is 0 Å². The Balaban J connectivity index is 0.00000256. The first kappa shape index (κ1) is 22.4. The molecule has 0 aromatic heterocycles. The maximum Gasteiger partial charge on any atom is 0.236 e. The minimum absolute atomic E-state index is 0. The number of hydrogen-bond acceptors (Lipinski definition) is 5. The molecule has 1 unspecified atom stereocenters. The number of nitrogens with two attached hydrogens (primary N) is 1. The second kappa shape index (κ2) is 10.2. The van der Waals surface area contributed by atoms with Gasteiger partial charge in [-0.1, -0.05) is 42.5 Å². The Morgan fingerprint density at radius 2 is 1.80 bits per heavy atom. The Bertz CT molecular complexity index is 835. The van der Waals surface area contributed by atoms with Crippen molar-refractivity contribution in [2.75, 3.05) is 39.3 Å². The molecule has 0 aliphatic carbocycles. The number of amides is 1. The first-order valence-corrected chi connectivity index (χ1v) is 10.3. The van der Waals surface area contributed by atoms with Crippen molar-refractivity contribution in [2.45, 2.75) is 25.0 Å². The SMILES string of the molecule is CCN(CC1COc2ccccc2O1)C(=O)CN1C[C@@H](N)[C@H](c2ccccc2)C1.Cl. The number of halogens is 1. The highest BCUT2D eigenvalue weighted by Gasteiger charge is 2.33. The second-order valence-corrected chi connectivity index (χ2v) is 7.81. The minimum atomic E-state index is -0.160. The number of likely N-dealkylation sites (tertiary alicyclic amines) is 1. The van der Waals surface area contributed by atoms with Gasteiger partial charge < -0.3 is 20.1 Å². The summed E-state index contributed by atoms with van der Waals surface area (Å²) < 4.78 is 11.8. The van der Waals surface area contributed by atoms with E-state index in [4.69, 9.17) is 15.2 Å². The van der Waals surface area contributed by atoms with Gasteiger partial charge in [0.2, 0.25) is 5.91 Å². The normalized spacial score (nSPS) is 22.9. The van der Waals surface area contributed by atoms with E-state index < -0.39 is 0 Å². The summed E-state index contributed by atoms with van der Waals surface area (Å²) in [5, 5.41) is 0. The zero-order chi connectivity index (χ0) is 20.2. The van der Waals surface area contributed by atoms with Gasteiger partial charge in [0.25, 0.3) is 0 Å². The fourth-order valence-corrected chi connectivity index (χ4v) is 4.19. The quantitative estimate of drug-likeness (QED) is 0.761. The predicted octanol–water partition coefficient (Wildman–Crippen LogP) is 2.52. The third kappa shape index (κ3) is 5.06. The number of benzene rings is 2. The van der Waals surface area contributed by atoms with E-state index in [-0.39, 0.29) is 36.4 Å². The molecule has 162 valence electrons. The molecule has 2 N–H and O–H groups in total. The molecule has 1 fully saturated rings. The summed E-state index contributed by atoms with van der Waals surface area (Å²) in [4.78, 5) is 17.0. The highest BCUT2D eigenvalue weighted by Crippen LogP contribution is 2.31. The number of likely N-dealkylation sites (N-methyl/N-ethyl adjacent to an activating group) is 1. The summed E-state index contributed by atoms with van der Waals surface area (Å²) >= 11 is 0. The lowest BCUT2D eigenvalue weighted by molar-refractivity contribution is -0.133. The number of rotatable bonds is 6. The number of para-hydroxylation sites is 2. The predicted molar refractivity (Wildman–Crippen MR) is 119 cm³/mol. The fourth-order valence-electron chi connectivity index (χ4n) is 4.19. The van der Waals surface area contributed by atoms with Gasteiger partial charge in [-0.25, -0.2) is 0 Å². The lowest BCUT2D eigenvalue weighted by atomic mass is 9.95. The van der Waals surface area contributed by atoms with E-state index in [1.165, 1.54) is 5.56 Å². The van der Waals surface area contributed by atoms with E-state index in [0.29, 0.717) is 26.2 Å². The molecule has 2 aromatic carbocycles. The maximum atomic E-state index is 12.9. The summed E-state index contributed by atoms with van der Waals surface area (Å²) in [5.41, 5.74) is 7.62. The molecular weight excluding hydrogens is 402 g/mol. The average molecular weight is 432 g/mol. The summed E-state index contributed by atoms with van der Waals surface area (Å²) in [6, 6.07) is 18.0. The molecule has 3 atom stereocenters. The number of ether oxygens (including phenoxy) is 2. The van der Waals surface area contributed by atoms with Crippen molar-refractivity contribution in [3.05, 3.63) is 60.2 Å². The third-order valence-corrected chi connectivity index (χ3v) is 5.75. The first-order chi connectivity index (χ1) is 14.1. The molecule has 6 nitrogen and oxygen atoms in total. The van der Waals surface area contributed by atoms with Gasteiger partial charge in [0.15, 0.2) is 17.6 Å². The first-order valence-electron chi connectivity index (χ1n) is 10.3. The van der Waals surface area contributed by atoms with E-state index in [0.717, 1.165) is 24.6 Å². The number of carbonyl (C=O) groups is 1. The number of fused-ring (bicyclic) bond motifs is 1. The van der Waals surface area contributed by atoms with Crippen molar-refractivity contribution in [1.82, 2.24) is 9.80 Å². The van der Waals surface area contributed by atoms with E-state index >= 15 is 0 Å². The van der Waals surface area contributed by atoms with E-state index in [1.54, 1.807) is 0 Å². The van der Waals surface area contributed by atoms with Crippen molar-refractivity contribution in [3.8, 4) is 11.5 Å². The monoisotopic (exact) mass is 431 g/mol. The minimum Gasteiger partial charge on any atom is -0.486 e. The number of hydrogen-bond donors (Lipinski definition) is 1. The molecule has 0 spiro atoms. The number of carbonyl (C=O) groups excluding carboxylic acids is 1. The highest BCUT2D eigenvalue weighted by molar-refractivity contribution is 5.85. The lowest BCUT2D eigenvalue weighted by Crippen LogP contribution is -2.46. The molecule has 1 saturated heterocycles. The Kier molecular flexibility index (Phi) is 7.58. The molecular formula is C23H30ClN3O3. The molecule has 4 rings (SSSR count). The molecule has 30 heavy (non-hydrogen) atoms. The van der Waals surface area contributed by atoms with Crippen LogP contribution in [0.4, 0.5) is 0 Å². The highest BCUT2D eigenvalue weighted by atomic mass is 35.5. The smallest absolute Gasteiger partial charge is 0.236 e. The van der Waals surface area contributed by atoms with Crippen molar-refractivity contribution in [2.24, 2.45) is 5.73 Å². The summed E-state index contributed by atoms with van der Waals surface area (Å²) in [5.74, 6) is 1.88. The van der Waals surface area contributed by atoms with E-state index in [2.05, 4.69) is 17.0 Å². The van der Waals surface area contributed by atoms with Crippen LogP contribution >= 0.6 is 12.4 Å². The molecule has 7 heteroatoms. The van der Waals surface area contributed by atoms with Crippen LogP contribution in [0.25, 0.3) is 0 Å². The van der Waals surface area contributed by atoms with Gasteiger partial charge in [-0.05, 0) is 24.6 Å². The number of nitrogens with zero attached hydrogens (tertiary/aromatic N) is 2. The van der Waals surface area contributed by atoms with Gasteiger partial charge in [0.05, 0.1) is 13.1 Å². The largest absolute Gasteiger partial charge is 0.486 e. The second-order valence-electron chi connectivity index (χ2n) is 7.81. The van der Waals surface area contributed by atoms with Gasteiger partial charge in [0.1, 0.15) is 6.61 Å². The zero-order valence-corrected chi connectivity index (χ0v) is 18.1. The van der Waals surface area contributed by atoms with Gasteiger partial charge in [-0.3, -0.25) is 9.69 Å². The van der Waals surface area contributed by atoms with Gasteiger partial charge >= 0.3 is 0 Å². The molecule has 2 heterocycles. The van der Waals surface area contributed by atoms with Crippen molar-refractivity contribution in [3.63, 3.8) is 0 Å². The standard InChI is InChI=1S/C23H29N3O3.ClH/c1-2-26(12-18-16-28-21-10-6-7-11-22(21)29-18)23(27)15-25-13-19(20(24)14-25)17-8-4-3-5-9-17;/h3-11,18-20H,2,12-16,24H2,1H3;1H/t18?,19-,20+;/m0./s1. The van der Waals surface area contributed by atoms with Crippen molar-refractivity contribution < 1.29 is 14.3 Å². The summed E-state index contributed by atoms with van der Waals surface area (Å²) in [6.45, 7) is 5.54. The molecule has 2 aliphatic rings. The zero-order valence-electron chi connectivity index (χ0n) is 17.3. The van der Waals surface area contributed by atoms with Crippen LogP contribution in [-0.4, -0.2) is 67.2 Å². The molecule has 0 saturated carbocycles. The van der Waals surface area contributed by atoms with Gasteiger partial charge in [-0.15, -0.1) is 12.4 Å². The van der Waals surface area contributed by atoms with Crippen LogP contribution in [0.5, 0.6) is 11.5 Å². The van der Waals surface area contributed by atoms with Crippen LogP contribution in [0.15, 0.2) is 54.6 Å². The topological polar surface area (TPSA) is 68.0 Å². The molecule has 2 aromatic rings. The average Bonchev–Trinajstić information content (AvgIpc) is 3.12. The van der Waals surface area contributed by atoms with Crippen LogP contribution < -0.4 is 15.2 Å². The fraction of sp³-hybridized carbons (Fsp3) is 0.435. The van der Waals surface area contributed by atoms with Crippen LogP contribution in [0.1, 0.15) is 18.4 Å².